The zero-order valence-corrected chi connectivity index (χ0v) is 18.0. The van der Waals surface area contributed by atoms with Crippen molar-refractivity contribution in [3.05, 3.63) is 69.0 Å². The molecular weight excluding hydrogens is 458 g/mol. The molecule has 0 atom stereocenters. The highest BCUT2D eigenvalue weighted by molar-refractivity contribution is 9.10. The predicted octanol–water partition coefficient (Wildman–Crippen LogP) is 4.63. The van der Waals surface area contributed by atoms with Crippen molar-refractivity contribution in [3.63, 3.8) is 0 Å². The Morgan fingerprint density at radius 2 is 1.93 bits per heavy atom. The number of hydrogen-bond donors (Lipinski definition) is 0. The number of carbonyl (C=O) groups is 3. The molecule has 1 saturated heterocycles. The molecule has 0 unspecified atom stereocenters. The van der Waals surface area contributed by atoms with Crippen molar-refractivity contribution in [2.45, 2.75) is 13.5 Å². The molecule has 8 heteroatoms. The Morgan fingerprint density at radius 3 is 2.62 bits per heavy atom. The van der Waals surface area contributed by atoms with Gasteiger partial charge in [0.25, 0.3) is 11.1 Å². The number of thioether (sulfide) groups is 1. The standard InChI is InChI=1S/C21H18BrNO5S/c1-2-27-19(24)12-23-20(25)18(29-21(23)26)11-15-8-9-17(16(22)10-15)28-13-14-6-4-3-5-7-14/h3-11H,2,12-13H2,1H3/b18-11-. The molecule has 0 saturated carbocycles. The van der Waals surface area contributed by atoms with E-state index in [2.05, 4.69) is 15.9 Å². The van der Waals surface area contributed by atoms with Gasteiger partial charge in [-0.05, 0) is 64.0 Å². The third kappa shape index (κ3) is 5.48. The fraction of sp³-hybridized carbons (Fsp3) is 0.190. The third-order valence-corrected chi connectivity index (χ3v) is 5.48. The lowest BCUT2D eigenvalue weighted by Crippen LogP contribution is -2.34. The number of imide groups is 1. The molecule has 1 aliphatic rings. The molecule has 0 N–H and O–H groups in total. The van der Waals surface area contributed by atoms with Gasteiger partial charge in [0, 0.05) is 0 Å². The summed E-state index contributed by atoms with van der Waals surface area (Å²) in [6, 6.07) is 15.2. The maximum absolute atomic E-state index is 12.4. The van der Waals surface area contributed by atoms with Crippen molar-refractivity contribution in [2.24, 2.45) is 0 Å². The van der Waals surface area contributed by atoms with Crippen LogP contribution < -0.4 is 4.74 Å². The van der Waals surface area contributed by atoms with Crippen molar-refractivity contribution in [2.75, 3.05) is 13.2 Å². The van der Waals surface area contributed by atoms with Gasteiger partial charge in [0.1, 0.15) is 18.9 Å². The van der Waals surface area contributed by atoms with Crippen molar-refractivity contribution >= 4 is 50.9 Å². The molecule has 2 aromatic carbocycles. The second-order valence-electron chi connectivity index (χ2n) is 6.04. The van der Waals surface area contributed by atoms with E-state index in [4.69, 9.17) is 9.47 Å². The highest BCUT2D eigenvalue weighted by Crippen LogP contribution is 2.34. The Kier molecular flexibility index (Phi) is 7.11. The lowest BCUT2D eigenvalue weighted by molar-refractivity contribution is -0.145. The average molecular weight is 476 g/mol. The molecule has 1 heterocycles. The minimum atomic E-state index is -0.612. The maximum atomic E-state index is 12.4. The highest BCUT2D eigenvalue weighted by atomic mass is 79.9. The highest BCUT2D eigenvalue weighted by Gasteiger charge is 2.36. The first-order chi connectivity index (χ1) is 14.0. The summed E-state index contributed by atoms with van der Waals surface area (Å²) in [5.74, 6) is -0.450. The van der Waals surface area contributed by atoms with Crippen molar-refractivity contribution < 1.29 is 23.9 Å². The first-order valence-electron chi connectivity index (χ1n) is 8.85. The number of ether oxygens (including phenoxy) is 2. The van der Waals surface area contributed by atoms with Crippen LogP contribution in [0, 0.1) is 0 Å². The van der Waals surface area contributed by atoms with Crippen LogP contribution in [0.5, 0.6) is 5.75 Å². The molecule has 1 aliphatic heterocycles. The van der Waals surface area contributed by atoms with E-state index in [0.29, 0.717) is 12.4 Å². The van der Waals surface area contributed by atoms with E-state index in [0.717, 1.165) is 32.3 Å². The zero-order valence-electron chi connectivity index (χ0n) is 15.6. The minimum absolute atomic E-state index is 0.192. The number of benzene rings is 2. The van der Waals surface area contributed by atoms with Crippen molar-refractivity contribution in [3.8, 4) is 5.75 Å². The van der Waals surface area contributed by atoms with Crippen molar-refractivity contribution in [1.29, 1.82) is 0 Å². The first-order valence-corrected chi connectivity index (χ1v) is 10.5. The summed E-state index contributed by atoms with van der Waals surface area (Å²) < 4.78 is 11.3. The summed E-state index contributed by atoms with van der Waals surface area (Å²) in [6.45, 7) is 1.91. The van der Waals surface area contributed by atoms with Crippen LogP contribution in [0.3, 0.4) is 0 Å². The second kappa shape index (κ2) is 9.76. The molecule has 0 spiro atoms. The molecule has 2 amide bonds. The molecule has 0 aliphatic carbocycles. The van der Waals surface area contributed by atoms with E-state index < -0.39 is 17.1 Å². The van der Waals surface area contributed by atoms with Crippen LogP contribution in [-0.4, -0.2) is 35.2 Å². The van der Waals surface area contributed by atoms with Crippen LogP contribution in [0.2, 0.25) is 0 Å². The Balaban J connectivity index is 1.68. The lowest BCUT2D eigenvalue weighted by atomic mass is 10.2. The maximum Gasteiger partial charge on any atom is 0.326 e. The van der Waals surface area contributed by atoms with E-state index >= 15 is 0 Å². The van der Waals surface area contributed by atoms with Crippen LogP contribution in [-0.2, 0) is 20.9 Å². The third-order valence-electron chi connectivity index (χ3n) is 3.96. The number of rotatable bonds is 7. The molecule has 29 heavy (non-hydrogen) atoms. The molecule has 150 valence electrons. The van der Waals surface area contributed by atoms with Crippen LogP contribution in [0.1, 0.15) is 18.1 Å². The molecule has 0 bridgehead atoms. The van der Waals surface area contributed by atoms with E-state index in [-0.39, 0.29) is 18.1 Å². The average Bonchev–Trinajstić information content (AvgIpc) is 2.96. The van der Waals surface area contributed by atoms with E-state index in [9.17, 15) is 14.4 Å². The van der Waals surface area contributed by atoms with Gasteiger partial charge in [-0.15, -0.1) is 0 Å². The Hall–Kier alpha value is -2.58. The van der Waals surface area contributed by atoms with Crippen LogP contribution >= 0.6 is 27.7 Å². The summed E-state index contributed by atoms with van der Waals surface area (Å²) in [7, 11) is 0. The molecule has 6 nitrogen and oxygen atoms in total. The minimum Gasteiger partial charge on any atom is -0.488 e. The van der Waals surface area contributed by atoms with Gasteiger partial charge in [0.15, 0.2) is 0 Å². The van der Waals surface area contributed by atoms with Gasteiger partial charge < -0.3 is 9.47 Å². The van der Waals surface area contributed by atoms with Gasteiger partial charge >= 0.3 is 5.97 Å². The van der Waals surface area contributed by atoms with Gasteiger partial charge in [-0.3, -0.25) is 19.3 Å². The summed E-state index contributed by atoms with van der Waals surface area (Å²) in [5, 5.41) is -0.490. The van der Waals surface area contributed by atoms with Gasteiger partial charge in [-0.1, -0.05) is 36.4 Å². The molecule has 3 rings (SSSR count). The van der Waals surface area contributed by atoms with Gasteiger partial charge in [0.05, 0.1) is 16.0 Å². The van der Waals surface area contributed by atoms with Crippen molar-refractivity contribution in [1.82, 2.24) is 4.90 Å². The smallest absolute Gasteiger partial charge is 0.326 e. The SMILES string of the molecule is CCOC(=O)CN1C(=O)S/C(=C\c2ccc(OCc3ccccc3)c(Br)c2)C1=O. The fourth-order valence-corrected chi connectivity index (χ4v) is 3.93. The van der Waals surface area contributed by atoms with E-state index in [1.807, 2.05) is 30.3 Å². The summed E-state index contributed by atoms with van der Waals surface area (Å²) in [6.07, 6.45) is 1.61. The number of hydrogen-bond acceptors (Lipinski definition) is 6. The van der Waals surface area contributed by atoms with Crippen LogP contribution in [0.15, 0.2) is 57.9 Å². The molecule has 0 aromatic heterocycles. The molecule has 0 radical (unpaired) electrons. The monoisotopic (exact) mass is 475 g/mol. The van der Waals surface area contributed by atoms with E-state index in [1.165, 1.54) is 0 Å². The topological polar surface area (TPSA) is 72.9 Å². The summed E-state index contributed by atoms with van der Waals surface area (Å²) in [5.41, 5.74) is 1.78. The number of amides is 2. The fourth-order valence-electron chi connectivity index (χ4n) is 2.58. The van der Waals surface area contributed by atoms with Gasteiger partial charge in [-0.25, -0.2) is 0 Å². The van der Waals surface area contributed by atoms with Crippen LogP contribution in [0.4, 0.5) is 4.79 Å². The number of esters is 1. The summed E-state index contributed by atoms with van der Waals surface area (Å²) >= 11 is 4.27. The lowest BCUT2D eigenvalue weighted by Gasteiger charge is -2.11. The quantitative estimate of drug-likeness (QED) is 0.429. The summed E-state index contributed by atoms with van der Waals surface area (Å²) in [4.78, 5) is 37.2. The predicted molar refractivity (Wildman–Crippen MR) is 114 cm³/mol. The first kappa shape index (κ1) is 21.1. The number of carbonyl (C=O) groups excluding carboxylic acids is 3. The number of nitrogens with zero attached hydrogens (tertiary/aromatic N) is 1. The van der Waals surface area contributed by atoms with E-state index in [1.54, 1.807) is 31.2 Å². The molecule has 1 fully saturated rings. The number of halogens is 1. The van der Waals surface area contributed by atoms with Gasteiger partial charge in [-0.2, -0.15) is 0 Å². The molecule has 2 aromatic rings. The zero-order chi connectivity index (χ0) is 20.8. The Morgan fingerprint density at radius 1 is 1.17 bits per heavy atom. The largest absolute Gasteiger partial charge is 0.488 e. The molecular formula is C21H18BrNO5S. The Labute approximate surface area is 181 Å². The Bertz CT molecular complexity index is 961. The van der Waals surface area contributed by atoms with Gasteiger partial charge in [0.2, 0.25) is 0 Å². The van der Waals surface area contributed by atoms with Crippen LogP contribution in [0.25, 0.3) is 6.08 Å². The normalized spacial score (nSPS) is 15.1. The second-order valence-corrected chi connectivity index (χ2v) is 7.88.